The fraction of sp³-hybridized carbons (Fsp3) is 0.583. The van der Waals surface area contributed by atoms with Crippen LogP contribution in [0.4, 0.5) is 15.0 Å². The van der Waals surface area contributed by atoms with Crippen molar-refractivity contribution in [2.75, 3.05) is 12.0 Å². The second kappa shape index (κ2) is 4.95. The standard InChI is InChI=1S/C12H17FN4O3/c1-7-10(18)16(11(19)17(7)20-4)9-5-8(12(2,3)13)14-6-15-9/h5-7,10,18H,1-4H3. The van der Waals surface area contributed by atoms with Crippen LogP contribution in [0.3, 0.4) is 0 Å². The van der Waals surface area contributed by atoms with Crippen LogP contribution < -0.4 is 4.90 Å². The molecule has 1 fully saturated rings. The molecule has 20 heavy (non-hydrogen) atoms. The lowest BCUT2D eigenvalue weighted by Gasteiger charge is -2.20. The van der Waals surface area contributed by atoms with Gasteiger partial charge in [0.05, 0.1) is 12.8 Å². The van der Waals surface area contributed by atoms with Gasteiger partial charge in [0, 0.05) is 6.07 Å². The monoisotopic (exact) mass is 284 g/mol. The molecule has 7 nitrogen and oxygen atoms in total. The number of carbonyl (C=O) groups excluding carboxylic acids is 1. The van der Waals surface area contributed by atoms with Crippen LogP contribution in [0.2, 0.25) is 0 Å². The Morgan fingerprint density at radius 3 is 2.60 bits per heavy atom. The number of hydrogen-bond donors (Lipinski definition) is 1. The predicted molar refractivity (Wildman–Crippen MR) is 68.4 cm³/mol. The van der Waals surface area contributed by atoms with Gasteiger partial charge in [-0.05, 0) is 20.8 Å². The van der Waals surface area contributed by atoms with Gasteiger partial charge in [0.2, 0.25) is 0 Å². The van der Waals surface area contributed by atoms with E-state index in [1.807, 2.05) is 0 Å². The number of anilines is 1. The summed E-state index contributed by atoms with van der Waals surface area (Å²) in [5.74, 6) is 0.129. The van der Waals surface area contributed by atoms with Crippen molar-refractivity contribution in [2.45, 2.75) is 38.7 Å². The summed E-state index contributed by atoms with van der Waals surface area (Å²) >= 11 is 0. The highest BCUT2D eigenvalue weighted by Gasteiger charge is 2.45. The number of rotatable bonds is 3. The van der Waals surface area contributed by atoms with E-state index >= 15 is 0 Å². The highest BCUT2D eigenvalue weighted by molar-refractivity contribution is 5.93. The van der Waals surface area contributed by atoms with Crippen molar-refractivity contribution >= 4 is 11.8 Å². The molecule has 0 radical (unpaired) electrons. The predicted octanol–water partition coefficient (Wildman–Crippen LogP) is 1.19. The first-order chi connectivity index (χ1) is 9.27. The van der Waals surface area contributed by atoms with Crippen molar-refractivity contribution in [3.05, 3.63) is 18.1 Å². The molecule has 1 N–H and O–H groups in total. The third-order valence-electron chi connectivity index (χ3n) is 3.17. The number of aliphatic hydroxyl groups is 1. The Hall–Kier alpha value is -1.80. The van der Waals surface area contributed by atoms with Gasteiger partial charge in [-0.2, -0.15) is 5.06 Å². The molecule has 2 amide bonds. The smallest absolute Gasteiger partial charge is 0.352 e. The van der Waals surface area contributed by atoms with E-state index in [0.29, 0.717) is 0 Å². The van der Waals surface area contributed by atoms with Crippen molar-refractivity contribution in [2.24, 2.45) is 0 Å². The summed E-state index contributed by atoms with van der Waals surface area (Å²) in [4.78, 5) is 25.9. The van der Waals surface area contributed by atoms with Crippen LogP contribution in [-0.4, -0.2) is 45.5 Å². The lowest BCUT2D eigenvalue weighted by Crippen LogP contribution is -2.36. The quantitative estimate of drug-likeness (QED) is 0.902. The SMILES string of the molecule is CON1C(=O)N(c2cc(C(C)(C)F)ncn2)C(O)C1C. The number of aliphatic hydroxyl groups excluding tert-OH is 1. The maximum atomic E-state index is 13.9. The third kappa shape index (κ3) is 2.32. The topological polar surface area (TPSA) is 78.8 Å². The van der Waals surface area contributed by atoms with E-state index in [1.165, 1.54) is 27.0 Å². The molecule has 0 saturated carbocycles. The zero-order valence-corrected chi connectivity index (χ0v) is 11.7. The molecule has 0 aliphatic carbocycles. The Balaban J connectivity index is 2.39. The zero-order valence-electron chi connectivity index (χ0n) is 11.7. The van der Waals surface area contributed by atoms with E-state index < -0.39 is 24.0 Å². The van der Waals surface area contributed by atoms with E-state index in [1.54, 1.807) is 6.92 Å². The largest absolute Gasteiger partial charge is 0.371 e. The average Bonchev–Trinajstić information content (AvgIpc) is 2.59. The Morgan fingerprint density at radius 1 is 1.45 bits per heavy atom. The second-order valence-electron chi connectivity index (χ2n) is 5.05. The Kier molecular flexibility index (Phi) is 3.61. The maximum absolute atomic E-state index is 13.9. The molecular formula is C12H17FN4O3. The average molecular weight is 284 g/mol. The van der Waals surface area contributed by atoms with E-state index in [0.717, 1.165) is 16.3 Å². The molecule has 0 aromatic carbocycles. The fourth-order valence-electron chi connectivity index (χ4n) is 2.01. The minimum Gasteiger partial charge on any atom is -0.371 e. The van der Waals surface area contributed by atoms with Crippen LogP contribution in [0.1, 0.15) is 26.5 Å². The number of carbonyl (C=O) groups is 1. The van der Waals surface area contributed by atoms with E-state index in [9.17, 15) is 14.3 Å². The summed E-state index contributed by atoms with van der Waals surface area (Å²) in [6.45, 7) is 4.34. The van der Waals surface area contributed by atoms with Gasteiger partial charge in [-0.15, -0.1) is 0 Å². The highest BCUT2D eigenvalue weighted by atomic mass is 19.1. The fourth-order valence-corrected chi connectivity index (χ4v) is 2.01. The van der Waals surface area contributed by atoms with Crippen molar-refractivity contribution in [3.63, 3.8) is 0 Å². The van der Waals surface area contributed by atoms with Gasteiger partial charge in [-0.25, -0.2) is 24.1 Å². The molecular weight excluding hydrogens is 267 g/mol. The molecule has 1 aliphatic rings. The Morgan fingerprint density at radius 2 is 2.10 bits per heavy atom. The molecule has 1 aliphatic heterocycles. The Labute approximate surface area is 115 Å². The molecule has 1 aromatic heterocycles. The molecule has 110 valence electrons. The third-order valence-corrected chi connectivity index (χ3v) is 3.17. The van der Waals surface area contributed by atoms with Crippen LogP contribution in [0.5, 0.6) is 0 Å². The second-order valence-corrected chi connectivity index (χ2v) is 5.05. The summed E-state index contributed by atoms with van der Waals surface area (Å²) in [5, 5.41) is 11.1. The first-order valence-corrected chi connectivity index (χ1v) is 6.13. The van der Waals surface area contributed by atoms with Gasteiger partial charge in [-0.3, -0.25) is 4.84 Å². The minimum atomic E-state index is -1.67. The van der Waals surface area contributed by atoms with E-state index in [2.05, 4.69) is 9.97 Å². The first-order valence-electron chi connectivity index (χ1n) is 6.13. The minimum absolute atomic E-state index is 0.129. The molecule has 1 aromatic rings. The van der Waals surface area contributed by atoms with Crippen molar-refractivity contribution < 1.29 is 19.1 Å². The number of alkyl halides is 1. The van der Waals surface area contributed by atoms with Crippen molar-refractivity contribution in [1.29, 1.82) is 0 Å². The number of hydroxylamine groups is 2. The van der Waals surface area contributed by atoms with Crippen LogP contribution in [0, 0.1) is 0 Å². The van der Waals surface area contributed by atoms with Gasteiger partial charge >= 0.3 is 6.03 Å². The van der Waals surface area contributed by atoms with Gasteiger partial charge in [0.1, 0.15) is 23.9 Å². The van der Waals surface area contributed by atoms with E-state index in [4.69, 9.17) is 4.84 Å². The molecule has 2 unspecified atom stereocenters. The van der Waals surface area contributed by atoms with Crippen LogP contribution in [0.25, 0.3) is 0 Å². The van der Waals surface area contributed by atoms with Gasteiger partial charge in [-0.1, -0.05) is 0 Å². The summed E-state index contributed by atoms with van der Waals surface area (Å²) < 4.78 is 13.9. The molecule has 8 heteroatoms. The number of amides is 2. The maximum Gasteiger partial charge on any atom is 0.352 e. The van der Waals surface area contributed by atoms with Crippen LogP contribution in [-0.2, 0) is 10.5 Å². The molecule has 1 saturated heterocycles. The first kappa shape index (κ1) is 14.6. The van der Waals surface area contributed by atoms with Crippen LogP contribution >= 0.6 is 0 Å². The lowest BCUT2D eigenvalue weighted by atomic mass is 10.1. The number of halogens is 1. The van der Waals surface area contributed by atoms with Gasteiger partial charge in [0.15, 0.2) is 6.23 Å². The normalized spacial score (nSPS) is 23.6. The molecule has 0 spiro atoms. The Bertz CT molecular complexity index is 520. The highest BCUT2D eigenvalue weighted by Crippen LogP contribution is 2.29. The van der Waals surface area contributed by atoms with E-state index in [-0.39, 0.29) is 11.5 Å². The molecule has 2 atom stereocenters. The van der Waals surface area contributed by atoms with Crippen molar-refractivity contribution in [1.82, 2.24) is 15.0 Å². The van der Waals surface area contributed by atoms with Gasteiger partial charge in [0.25, 0.3) is 0 Å². The number of hydrogen-bond acceptors (Lipinski definition) is 5. The van der Waals surface area contributed by atoms with Crippen molar-refractivity contribution in [3.8, 4) is 0 Å². The zero-order chi connectivity index (χ0) is 15.1. The summed E-state index contributed by atoms with van der Waals surface area (Å²) in [7, 11) is 1.33. The molecule has 2 rings (SSSR count). The number of nitrogens with zero attached hydrogens (tertiary/aromatic N) is 4. The number of urea groups is 1. The summed E-state index contributed by atoms with van der Waals surface area (Å²) in [6, 6.07) is 0.214. The van der Waals surface area contributed by atoms with Gasteiger partial charge < -0.3 is 5.11 Å². The lowest BCUT2D eigenvalue weighted by molar-refractivity contribution is -0.111. The summed E-state index contributed by atoms with van der Waals surface area (Å²) in [5.41, 5.74) is -1.54. The number of aromatic nitrogens is 2. The van der Waals surface area contributed by atoms with Crippen LogP contribution in [0.15, 0.2) is 12.4 Å². The molecule has 0 bridgehead atoms. The summed E-state index contributed by atoms with van der Waals surface area (Å²) in [6.07, 6.45) is 0.0273. The molecule has 2 heterocycles.